The van der Waals surface area contributed by atoms with E-state index in [-0.39, 0.29) is 0 Å². The van der Waals surface area contributed by atoms with Crippen molar-refractivity contribution in [1.29, 1.82) is 0 Å². The fraction of sp³-hybridized carbons (Fsp3) is 0.500. The van der Waals surface area contributed by atoms with E-state index in [9.17, 15) is 4.79 Å². The van der Waals surface area contributed by atoms with Crippen LogP contribution in [-0.4, -0.2) is 5.97 Å². The zero-order valence-electron chi connectivity index (χ0n) is 5.33. The van der Waals surface area contributed by atoms with E-state index in [0.29, 0.717) is 0 Å². The Hall–Kier alpha value is -0.440. The molecule has 0 radical (unpaired) electrons. The molecule has 0 aromatic heterocycles. The maximum absolute atomic E-state index is 10.3. The molecule has 0 unspecified atom stereocenters. The average molecular weight is 146 g/mol. The molecular formula is C6H10O2S. The molecule has 0 spiro atoms. The summed E-state index contributed by atoms with van der Waals surface area (Å²) in [6, 6.07) is 0. The van der Waals surface area contributed by atoms with Crippen molar-refractivity contribution in [2.75, 3.05) is 0 Å². The molecule has 0 aliphatic heterocycles. The predicted molar refractivity (Wildman–Crippen MR) is 39.1 cm³/mol. The van der Waals surface area contributed by atoms with Crippen molar-refractivity contribution >= 4 is 18.9 Å². The Bertz CT molecular complexity index is 110. The van der Waals surface area contributed by atoms with Crippen LogP contribution in [0.2, 0.25) is 0 Å². The van der Waals surface area contributed by atoms with Gasteiger partial charge in [0.25, 0.3) is 0 Å². The summed E-state index contributed by atoms with van der Waals surface area (Å²) < 4.78 is 4.07. The van der Waals surface area contributed by atoms with E-state index in [1.807, 2.05) is 6.92 Å². The van der Waals surface area contributed by atoms with E-state index >= 15 is 0 Å². The largest absolute Gasteiger partial charge is 0.391 e. The summed E-state index contributed by atoms with van der Waals surface area (Å²) in [5.41, 5.74) is 0. The van der Waals surface area contributed by atoms with Crippen LogP contribution in [0.3, 0.4) is 0 Å². The molecule has 0 aliphatic rings. The highest BCUT2D eigenvalue weighted by Crippen LogP contribution is 1.90. The Balaban J connectivity index is 3.32. The molecule has 0 rings (SSSR count). The van der Waals surface area contributed by atoms with Crippen LogP contribution in [-0.2, 0) is 8.98 Å². The predicted octanol–water partition coefficient (Wildman–Crippen LogP) is 1.73. The lowest BCUT2D eigenvalue weighted by molar-refractivity contribution is -0.127. The van der Waals surface area contributed by atoms with E-state index in [1.165, 1.54) is 6.08 Å². The van der Waals surface area contributed by atoms with Gasteiger partial charge in [-0.05, 0) is 6.42 Å². The van der Waals surface area contributed by atoms with Gasteiger partial charge in [-0.15, -0.1) is 0 Å². The molecule has 0 saturated heterocycles. The van der Waals surface area contributed by atoms with Crippen molar-refractivity contribution in [3.63, 3.8) is 0 Å². The Morgan fingerprint density at radius 1 is 1.78 bits per heavy atom. The number of carbonyl (C=O) groups excluding carboxylic acids is 1. The van der Waals surface area contributed by atoms with Crippen LogP contribution in [0.25, 0.3) is 0 Å². The summed E-state index contributed by atoms with van der Waals surface area (Å²) in [5.74, 6) is -0.410. The quantitative estimate of drug-likeness (QED) is 0.373. The van der Waals surface area contributed by atoms with Gasteiger partial charge in [-0.25, -0.2) is 4.79 Å². The minimum Gasteiger partial charge on any atom is -0.391 e. The van der Waals surface area contributed by atoms with Crippen molar-refractivity contribution in [3.05, 3.63) is 12.2 Å². The van der Waals surface area contributed by atoms with Crippen LogP contribution in [0, 0.1) is 0 Å². The van der Waals surface area contributed by atoms with Crippen LogP contribution in [0.15, 0.2) is 12.2 Å². The molecule has 0 atom stereocenters. The standard InChI is InChI=1S/C6H10O2S/c1-2-3-4-5-6(7)8-9/h4-5,9H,2-3H2,1H3. The van der Waals surface area contributed by atoms with Crippen LogP contribution in [0.1, 0.15) is 19.8 Å². The highest BCUT2D eigenvalue weighted by atomic mass is 32.1. The zero-order valence-corrected chi connectivity index (χ0v) is 6.23. The van der Waals surface area contributed by atoms with Gasteiger partial charge in [0, 0.05) is 19.0 Å². The molecule has 0 heterocycles. The minimum atomic E-state index is -0.410. The Morgan fingerprint density at radius 2 is 2.44 bits per heavy atom. The molecule has 0 bridgehead atoms. The van der Waals surface area contributed by atoms with Gasteiger partial charge in [-0.2, -0.15) is 0 Å². The topological polar surface area (TPSA) is 26.3 Å². The second-order valence-corrected chi connectivity index (χ2v) is 1.78. The average Bonchev–Trinajstić information content (AvgIpc) is 1.89. The third kappa shape index (κ3) is 5.43. The maximum Gasteiger partial charge on any atom is 0.342 e. The summed E-state index contributed by atoms with van der Waals surface area (Å²) in [6.45, 7) is 2.04. The van der Waals surface area contributed by atoms with Gasteiger partial charge in [0.1, 0.15) is 0 Å². The monoisotopic (exact) mass is 146 g/mol. The normalized spacial score (nSPS) is 10.0. The first kappa shape index (κ1) is 8.56. The van der Waals surface area contributed by atoms with Crippen LogP contribution in [0.5, 0.6) is 0 Å². The highest BCUT2D eigenvalue weighted by molar-refractivity contribution is 7.75. The van der Waals surface area contributed by atoms with Gasteiger partial charge in [0.2, 0.25) is 0 Å². The van der Waals surface area contributed by atoms with Gasteiger partial charge in [-0.3, -0.25) is 0 Å². The fourth-order valence-electron chi connectivity index (χ4n) is 0.377. The maximum atomic E-state index is 10.3. The van der Waals surface area contributed by atoms with Gasteiger partial charge >= 0.3 is 5.97 Å². The molecule has 3 heteroatoms. The summed E-state index contributed by atoms with van der Waals surface area (Å²) in [7, 11) is 0. The first-order valence-corrected chi connectivity index (χ1v) is 3.19. The van der Waals surface area contributed by atoms with Crippen molar-refractivity contribution < 1.29 is 8.98 Å². The minimum absolute atomic E-state index is 0.410. The number of carbonyl (C=O) groups is 1. The molecule has 0 saturated carbocycles. The van der Waals surface area contributed by atoms with Crippen molar-refractivity contribution in [2.45, 2.75) is 19.8 Å². The molecule has 0 fully saturated rings. The molecule has 0 amide bonds. The molecule has 0 aliphatic carbocycles. The first-order valence-electron chi connectivity index (χ1n) is 2.83. The highest BCUT2D eigenvalue weighted by Gasteiger charge is 1.88. The number of rotatable bonds is 3. The molecular weight excluding hydrogens is 136 g/mol. The third-order valence-corrected chi connectivity index (χ3v) is 0.979. The summed E-state index contributed by atoms with van der Waals surface area (Å²) in [4.78, 5) is 10.3. The summed E-state index contributed by atoms with van der Waals surface area (Å²) in [6.07, 6.45) is 5.08. The van der Waals surface area contributed by atoms with E-state index in [0.717, 1.165) is 12.8 Å². The second kappa shape index (κ2) is 5.69. The van der Waals surface area contributed by atoms with Gasteiger partial charge in [0.15, 0.2) is 0 Å². The third-order valence-electron chi connectivity index (χ3n) is 0.799. The van der Waals surface area contributed by atoms with Crippen LogP contribution < -0.4 is 0 Å². The Kier molecular flexibility index (Phi) is 5.41. The SMILES string of the molecule is CCCC=CC(=O)OS. The Morgan fingerprint density at radius 3 is 2.89 bits per heavy atom. The van der Waals surface area contributed by atoms with Gasteiger partial charge in [-0.1, -0.05) is 19.4 Å². The fourth-order valence-corrected chi connectivity index (χ4v) is 0.438. The lowest BCUT2D eigenvalue weighted by atomic mass is 10.3. The summed E-state index contributed by atoms with van der Waals surface area (Å²) >= 11 is 3.32. The molecule has 0 aromatic carbocycles. The second-order valence-electron chi connectivity index (χ2n) is 1.60. The molecule has 52 valence electrons. The van der Waals surface area contributed by atoms with Crippen LogP contribution in [0.4, 0.5) is 0 Å². The van der Waals surface area contributed by atoms with Gasteiger partial charge < -0.3 is 4.18 Å². The Labute approximate surface area is 60.5 Å². The van der Waals surface area contributed by atoms with Crippen LogP contribution >= 0.6 is 12.9 Å². The number of thiol groups is 1. The zero-order chi connectivity index (χ0) is 7.11. The smallest absolute Gasteiger partial charge is 0.342 e. The van der Waals surface area contributed by atoms with Crippen molar-refractivity contribution in [3.8, 4) is 0 Å². The number of allylic oxidation sites excluding steroid dienone is 1. The molecule has 9 heavy (non-hydrogen) atoms. The number of hydrogen-bond donors (Lipinski definition) is 1. The van der Waals surface area contributed by atoms with E-state index in [1.54, 1.807) is 6.08 Å². The number of unbranched alkanes of at least 4 members (excludes halogenated alkanes) is 1. The van der Waals surface area contributed by atoms with E-state index in [2.05, 4.69) is 17.1 Å². The first-order chi connectivity index (χ1) is 4.31. The molecule has 0 N–H and O–H groups in total. The van der Waals surface area contributed by atoms with E-state index < -0.39 is 5.97 Å². The van der Waals surface area contributed by atoms with Gasteiger partial charge in [0.05, 0.1) is 0 Å². The van der Waals surface area contributed by atoms with E-state index in [4.69, 9.17) is 0 Å². The lowest BCUT2D eigenvalue weighted by Crippen LogP contribution is -1.88. The molecule has 0 aromatic rings. The lowest BCUT2D eigenvalue weighted by Gasteiger charge is -1.85. The van der Waals surface area contributed by atoms with Crippen molar-refractivity contribution in [1.82, 2.24) is 0 Å². The number of hydrogen-bond acceptors (Lipinski definition) is 3. The summed E-state index contributed by atoms with van der Waals surface area (Å²) in [5, 5.41) is 0. The molecule has 2 nitrogen and oxygen atoms in total. The van der Waals surface area contributed by atoms with Crippen molar-refractivity contribution in [2.24, 2.45) is 0 Å².